The van der Waals surface area contributed by atoms with Gasteiger partial charge in [-0.1, -0.05) is 18.2 Å². The van der Waals surface area contributed by atoms with Crippen LogP contribution in [-0.4, -0.2) is 19.0 Å². The minimum Gasteiger partial charge on any atom is -0.370 e. The zero-order valence-electron chi connectivity index (χ0n) is 11.0. The van der Waals surface area contributed by atoms with Crippen LogP contribution in [-0.2, 0) is 16.4 Å². The fraction of sp³-hybridized carbons (Fsp3) is 0.500. The van der Waals surface area contributed by atoms with E-state index in [1.165, 1.54) is 6.07 Å². The summed E-state index contributed by atoms with van der Waals surface area (Å²) in [6, 6.07) is 5.24. The van der Waals surface area contributed by atoms with Gasteiger partial charge >= 0.3 is 6.18 Å². The zero-order chi connectivity index (χ0) is 14.8. The van der Waals surface area contributed by atoms with E-state index in [0.717, 1.165) is 12.1 Å². The Morgan fingerprint density at radius 3 is 2.50 bits per heavy atom. The number of carbonyl (C=O) groups excluding carboxylic acids is 1. The molecule has 1 aromatic carbocycles. The number of rotatable bonds is 3. The second kappa shape index (κ2) is 5.44. The van der Waals surface area contributed by atoms with Crippen molar-refractivity contribution in [3.05, 3.63) is 35.4 Å². The predicted molar refractivity (Wildman–Crippen MR) is 69.0 cm³/mol. The van der Waals surface area contributed by atoms with Gasteiger partial charge in [0.1, 0.15) is 0 Å². The number of primary amides is 1. The molecule has 0 radical (unpaired) electrons. The van der Waals surface area contributed by atoms with Crippen LogP contribution < -0.4 is 11.1 Å². The molecule has 20 heavy (non-hydrogen) atoms. The predicted octanol–water partition coefficient (Wildman–Crippen LogP) is 2.20. The van der Waals surface area contributed by atoms with Crippen molar-refractivity contribution in [1.82, 2.24) is 5.32 Å². The van der Waals surface area contributed by atoms with Gasteiger partial charge in [0.2, 0.25) is 5.91 Å². The lowest BCUT2D eigenvalue weighted by Crippen LogP contribution is -2.42. The van der Waals surface area contributed by atoms with Gasteiger partial charge in [-0.15, -0.1) is 0 Å². The largest absolute Gasteiger partial charge is 0.416 e. The second-order valence-electron chi connectivity index (χ2n) is 5.25. The van der Waals surface area contributed by atoms with Crippen LogP contribution in [0.25, 0.3) is 0 Å². The molecule has 2 rings (SSSR count). The SMILES string of the molecule is NC(=O)CC1(c2cccc(C(F)(F)F)c2)CCNCC1. The van der Waals surface area contributed by atoms with E-state index in [-0.39, 0.29) is 6.42 Å². The molecule has 0 aliphatic carbocycles. The quantitative estimate of drug-likeness (QED) is 0.895. The number of nitrogens with two attached hydrogens (primary N) is 1. The van der Waals surface area contributed by atoms with E-state index >= 15 is 0 Å². The van der Waals surface area contributed by atoms with E-state index in [1.54, 1.807) is 6.07 Å². The molecule has 6 heteroatoms. The first kappa shape index (κ1) is 14.8. The Bertz CT molecular complexity index is 493. The van der Waals surface area contributed by atoms with E-state index in [4.69, 9.17) is 5.73 Å². The average molecular weight is 286 g/mol. The van der Waals surface area contributed by atoms with Crippen molar-refractivity contribution in [2.24, 2.45) is 5.73 Å². The van der Waals surface area contributed by atoms with E-state index in [1.807, 2.05) is 0 Å². The Balaban J connectivity index is 2.41. The van der Waals surface area contributed by atoms with Crippen LogP contribution >= 0.6 is 0 Å². The minimum atomic E-state index is -4.38. The van der Waals surface area contributed by atoms with Gasteiger partial charge in [-0.25, -0.2) is 0 Å². The minimum absolute atomic E-state index is 0.0794. The number of carbonyl (C=O) groups is 1. The average Bonchev–Trinajstić information content (AvgIpc) is 2.38. The number of hydrogen-bond acceptors (Lipinski definition) is 2. The van der Waals surface area contributed by atoms with Crippen LogP contribution in [0.5, 0.6) is 0 Å². The Labute approximate surface area is 115 Å². The highest BCUT2D eigenvalue weighted by atomic mass is 19.4. The van der Waals surface area contributed by atoms with Gasteiger partial charge in [0.25, 0.3) is 0 Å². The van der Waals surface area contributed by atoms with Gasteiger partial charge < -0.3 is 11.1 Å². The smallest absolute Gasteiger partial charge is 0.370 e. The molecule has 3 nitrogen and oxygen atoms in total. The highest BCUT2D eigenvalue weighted by Gasteiger charge is 2.38. The molecule has 3 N–H and O–H groups in total. The van der Waals surface area contributed by atoms with Crippen molar-refractivity contribution in [3.63, 3.8) is 0 Å². The van der Waals surface area contributed by atoms with Gasteiger partial charge in [-0.2, -0.15) is 13.2 Å². The third-order valence-corrected chi connectivity index (χ3v) is 3.88. The second-order valence-corrected chi connectivity index (χ2v) is 5.25. The molecule has 0 saturated carbocycles. The Hall–Kier alpha value is -1.56. The van der Waals surface area contributed by atoms with Crippen LogP contribution in [0.2, 0.25) is 0 Å². The van der Waals surface area contributed by atoms with Gasteiger partial charge in [0, 0.05) is 11.8 Å². The van der Waals surface area contributed by atoms with Crippen molar-refractivity contribution in [2.75, 3.05) is 13.1 Å². The molecule has 0 unspecified atom stereocenters. The normalized spacial score (nSPS) is 18.8. The number of hydrogen-bond donors (Lipinski definition) is 2. The standard InChI is InChI=1S/C14H17F3N2O/c15-14(16,17)11-3-1-2-10(8-11)13(9-12(18)20)4-6-19-7-5-13/h1-3,8,19H,4-7,9H2,(H2,18,20). The van der Waals surface area contributed by atoms with E-state index in [9.17, 15) is 18.0 Å². The molecule has 0 bridgehead atoms. The molecule has 1 amide bonds. The van der Waals surface area contributed by atoms with Gasteiger partial charge in [-0.3, -0.25) is 4.79 Å². The summed E-state index contributed by atoms with van der Waals surface area (Å²) in [5.41, 5.74) is 4.57. The lowest BCUT2D eigenvalue weighted by atomic mass is 9.70. The topological polar surface area (TPSA) is 55.1 Å². The first-order chi connectivity index (χ1) is 9.33. The lowest BCUT2D eigenvalue weighted by molar-refractivity contribution is -0.137. The van der Waals surface area contributed by atoms with Crippen molar-refractivity contribution >= 4 is 5.91 Å². The number of amides is 1. The van der Waals surface area contributed by atoms with Crippen LogP contribution in [0.1, 0.15) is 30.4 Å². The number of benzene rings is 1. The maximum Gasteiger partial charge on any atom is 0.416 e. The maximum atomic E-state index is 12.8. The first-order valence-corrected chi connectivity index (χ1v) is 6.50. The summed E-state index contributed by atoms with van der Waals surface area (Å²) in [5.74, 6) is -0.482. The van der Waals surface area contributed by atoms with Crippen LogP contribution in [0.4, 0.5) is 13.2 Å². The Morgan fingerprint density at radius 2 is 1.95 bits per heavy atom. The van der Waals surface area contributed by atoms with E-state index in [0.29, 0.717) is 31.5 Å². The molecule has 1 heterocycles. The Kier molecular flexibility index (Phi) is 4.04. The molecule has 1 fully saturated rings. The van der Waals surface area contributed by atoms with Crippen molar-refractivity contribution in [3.8, 4) is 0 Å². The number of piperidine rings is 1. The third-order valence-electron chi connectivity index (χ3n) is 3.88. The Morgan fingerprint density at radius 1 is 1.30 bits per heavy atom. The monoisotopic (exact) mass is 286 g/mol. The summed E-state index contributed by atoms with van der Waals surface area (Å²) in [5, 5.41) is 3.15. The van der Waals surface area contributed by atoms with E-state index < -0.39 is 23.1 Å². The lowest BCUT2D eigenvalue weighted by Gasteiger charge is -2.37. The summed E-state index contributed by atoms with van der Waals surface area (Å²) in [4.78, 5) is 11.3. The van der Waals surface area contributed by atoms with Gasteiger partial charge in [0.05, 0.1) is 5.56 Å². The fourth-order valence-electron chi connectivity index (χ4n) is 2.83. The first-order valence-electron chi connectivity index (χ1n) is 6.50. The highest BCUT2D eigenvalue weighted by molar-refractivity contribution is 5.75. The maximum absolute atomic E-state index is 12.8. The number of nitrogens with one attached hydrogen (secondary N) is 1. The highest BCUT2D eigenvalue weighted by Crippen LogP contribution is 2.39. The molecular formula is C14H17F3N2O. The molecule has 1 aliphatic heterocycles. The molecule has 0 aromatic heterocycles. The molecule has 0 spiro atoms. The van der Waals surface area contributed by atoms with Crippen molar-refractivity contribution < 1.29 is 18.0 Å². The number of alkyl halides is 3. The van der Waals surface area contributed by atoms with Gasteiger partial charge in [-0.05, 0) is 37.6 Å². The van der Waals surface area contributed by atoms with E-state index in [2.05, 4.69) is 5.32 Å². The van der Waals surface area contributed by atoms with Crippen LogP contribution in [0.15, 0.2) is 24.3 Å². The summed E-state index contributed by atoms with van der Waals surface area (Å²) < 4.78 is 38.5. The fourth-order valence-corrected chi connectivity index (χ4v) is 2.83. The molecule has 1 aromatic rings. The third kappa shape index (κ3) is 3.12. The summed E-state index contributed by atoms with van der Waals surface area (Å²) in [6.07, 6.45) is -3.08. The van der Waals surface area contributed by atoms with Crippen molar-refractivity contribution in [2.45, 2.75) is 30.9 Å². The molecular weight excluding hydrogens is 269 g/mol. The van der Waals surface area contributed by atoms with Crippen LogP contribution in [0.3, 0.4) is 0 Å². The number of halogens is 3. The van der Waals surface area contributed by atoms with Crippen LogP contribution in [0, 0.1) is 0 Å². The van der Waals surface area contributed by atoms with Gasteiger partial charge in [0.15, 0.2) is 0 Å². The summed E-state index contributed by atoms with van der Waals surface area (Å²) in [6.45, 7) is 1.34. The molecule has 1 saturated heterocycles. The zero-order valence-corrected chi connectivity index (χ0v) is 11.0. The molecule has 0 atom stereocenters. The van der Waals surface area contributed by atoms with Crippen molar-refractivity contribution in [1.29, 1.82) is 0 Å². The molecule has 1 aliphatic rings. The molecule has 110 valence electrons. The summed E-state index contributed by atoms with van der Waals surface area (Å²) in [7, 11) is 0. The summed E-state index contributed by atoms with van der Waals surface area (Å²) >= 11 is 0.